The van der Waals surface area contributed by atoms with Crippen LogP contribution >= 0.6 is 24.0 Å². The summed E-state index contributed by atoms with van der Waals surface area (Å²) < 4.78 is 5.51. The highest BCUT2D eigenvalue weighted by atomic mass is 127. The van der Waals surface area contributed by atoms with E-state index >= 15 is 0 Å². The zero-order valence-corrected chi connectivity index (χ0v) is 19.9. The summed E-state index contributed by atoms with van der Waals surface area (Å²) in [6, 6.07) is 0.291. The summed E-state index contributed by atoms with van der Waals surface area (Å²) in [5.74, 6) is 1.06. The number of amides is 2. The SMILES string of the molecule is CCNC(=NCCNC(=O)C1CC1)NCCN(C(=O)OC(C)(C)C)C1CC1.I. The molecule has 2 amide bonds. The minimum atomic E-state index is -0.487. The standard InChI is InChI=1S/C19H35N5O3.HI/c1-5-20-17(22-11-10-21-16(25)14-6-7-14)23-12-13-24(15-8-9-15)18(26)27-19(2,3)4;/h14-15H,5-13H2,1-4H3,(H,21,25)(H2,20,22,23);1H. The second-order valence-corrected chi connectivity index (χ2v) is 8.16. The Labute approximate surface area is 185 Å². The maximum atomic E-state index is 12.4. The molecule has 2 aliphatic carbocycles. The Balaban J connectivity index is 0.00000392. The number of carbonyl (C=O) groups is 2. The molecule has 9 heteroatoms. The van der Waals surface area contributed by atoms with E-state index < -0.39 is 5.60 Å². The highest BCUT2D eigenvalue weighted by molar-refractivity contribution is 14.0. The second kappa shape index (κ2) is 11.7. The van der Waals surface area contributed by atoms with Crippen LogP contribution in [0.1, 0.15) is 53.4 Å². The number of rotatable bonds is 9. The van der Waals surface area contributed by atoms with Crippen LogP contribution in [0.5, 0.6) is 0 Å². The van der Waals surface area contributed by atoms with Crippen LogP contribution in [0.25, 0.3) is 0 Å². The van der Waals surface area contributed by atoms with Crippen molar-refractivity contribution in [2.75, 3.05) is 32.7 Å². The normalized spacial score (nSPS) is 16.6. The number of nitrogens with zero attached hydrogens (tertiary/aromatic N) is 2. The van der Waals surface area contributed by atoms with E-state index in [0.29, 0.717) is 38.2 Å². The van der Waals surface area contributed by atoms with Crippen LogP contribution < -0.4 is 16.0 Å². The third kappa shape index (κ3) is 9.79. The summed E-state index contributed by atoms with van der Waals surface area (Å²) in [5, 5.41) is 9.34. The van der Waals surface area contributed by atoms with Gasteiger partial charge in [0.2, 0.25) is 5.91 Å². The van der Waals surface area contributed by atoms with Crippen molar-refractivity contribution < 1.29 is 14.3 Å². The number of hydrogen-bond acceptors (Lipinski definition) is 4. The predicted octanol–water partition coefficient (Wildman–Crippen LogP) is 2.09. The quantitative estimate of drug-likeness (QED) is 0.192. The van der Waals surface area contributed by atoms with Gasteiger partial charge in [0.1, 0.15) is 5.60 Å². The number of hydrogen-bond donors (Lipinski definition) is 3. The van der Waals surface area contributed by atoms with Gasteiger partial charge in [-0.2, -0.15) is 0 Å². The molecule has 0 heterocycles. The first-order chi connectivity index (χ1) is 12.8. The molecule has 2 saturated carbocycles. The van der Waals surface area contributed by atoms with Crippen molar-refractivity contribution in [2.24, 2.45) is 10.9 Å². The fourth-order valence-electron chi connectivity index (χ4n) is 2.60. The molecular formula is C19H36IN5O3. The van der Waals surface area contributed by atoms with Crippen LogP contribution in [0, 0.1) is 5.92 Å². The van der Waals surface area contributed by atoms with Crippen LogP contribution in [0.4, 0.5) is 4.79 Å². The summed E-state index contributed by atoms with van der Waals surface area (Å²) in [6.45, 7) is 10.6. The number of halogens is 1. The van der Waals surface area contributed by atoms with E-state index in [0.717, 1.165) is 32.2 Å². The van der Waals surface area contributed by atoms with Crippen molar-refractivity contribution in [2.45, 2.75) is 65.0 Å². The van der Waals surface area contributed by atoms with E-state index in [1.165, 1.54) is 0 Å². The average molecular weight is 509 g/mol. The average Bonchev–Trinajstić information content (AvgIpc) is 3.46. The topological polar surface area (TPSA) is 95.1 Å². The first kappa shape index (κ1) is 24.8. The van der Waals surface area contributed by atoms with Gasteiger partial charge in [-0.25, -0.2) is 4.79 Å². The maximum absolute atomic E-state index is 12.4. The molecule has 8 nitrogen and oxygen atoms in total. The smallest absolute Gasteiger partial charge is 0.410 e. The molecule has 2 aliphatic rings. The largest absolute Gasteiger partial charge is 0.444 e. The van der Waals surface area contributed by atoms with Crippen molar-refractivity contribution in [3.63, 3.8) is 0 Å². The van der Waals surface area contributed by atoms with E-state index in [9.17, 15) is 9.59 Å². The fraction of sp³-hybridized carbons (Fsp3) is 0.842. The zero-order valence-electron chi connectivity index (χ0n) is 17.5. The molecule has 0 spiro atoms. The molecule has 3 N–H and O–H groups in total. The van der Waals surface area contributed by atoms with Gasteiger partial charge in [-0.1, -0.05) is 0 Å². The van der Waals surface area contributed by atoms with Gasteiger partial charge in [0.15, 0.2) is 5.96 Å². The maximum Gasteiger partial charge on any atom is 0.410 e. The van der Waals surface area contributed by atoms with Crippen molar-refractivity contribution in [3.8, 4) is 0 Å². The van der Waals surface area contributed by atoms with Gasteiger partial charge in [-0.15, -0.1) is 24.0 Å². The first-order valence-electron chi connectivity index (χ1n) is 10.1. The summed E-state index contributed by atoms with van der Waals surface area (Å²) in [7, 11) is 0. The molecule has 0 saturated heterocycles. The lowest BCUT2D eigenvalue weighted by Gasteiger charge is -2.27. The van der Waals surface area contributed by atoms with Crippen molar-refractivity contribution >= 4 is 41.9 Å². The van der Waals surface area contributed by atoms with E-state index in [1.54, 1.807) is 4.90 Å². The number of nitrogens with one attached hydrogen (secondary N) is 3. The van der Waals surface area contributed by atoms with Gasteiger partial charge >= 0.3 is 6.09 Å². The van der Waals surface area contributed by atoms with Crippen LogP contribution in [-0.2, 0) is 9.53 Å². The van der Waals surface area contributed by atoms with Gasteiger partial charge in [0, 0.05) is 38.1 Å². The lowest BCUT2D eigenvalue weighted by atomic mass is 10.2. The third-order valence-electron chi connectivity index (χ3n) is 4.23. The number of guanidine groups is 1. The molecule has 0 bridgehead atoms. The van der Waals surface area contributed by atoms with Gasteiger partial charge < -0.3 is 25.6 Å². The van der Waals surface area contributed by atoms with Gasteiger partial charge in [-0.3, -0.25) is 9.79 Å². The lowest BCUT2D eigenvalue weighted by Crippen LogP contribution is -2.45. The summed E-state index contributed by atoms with van der Waals surface area (Å²) in [5.41, 5.74) is -0.487. The van der Waals surface area contributed by atoms with Gasteiger partial charge in [0.05, 0.1) is 6.54 Å². The third-order valence-corrected chi connectivity index (χ3v) is 4.23. The molecule has 2 rings (SSSR count). The first-order valence-corrected chi connectivity index (χ1v) is 10.1. The molecule has 2 fully saturated rings. The Kier molecular flexibility index (Phi) is 10.3. The number of aliphatic imine (C=N–C) groups is 1. The van der Waals surface area contributed by atoms with Crippen LogP contribution in [0.15, 0.2) is 4.99 Å². The Hall–Kier alpha value is -1.26. The molecule has 0 aromatic carbocycles. The number of carbonyl (C=O) groups excluding carboxylic acids is 2. The lowest BCUT2D eigenvalue weighted by molar-refractivity contribution is -0.122. The molecule has 0 radical (unpaired) electrons. The molecule has 0 aliphatic heterocycles. The van der Waals surface area contributed by atoms with Crippen molar-refractivity contribution in [1.29, 1.82) is 0 Å². The molecule has 0 atom stereocenters. The van der Waals surface area contributed by atoms with Gasteiger partial charge in [0.25, 0.3) is 0 Å². The molecule has 0 unspecified atom stereocenters. The van der Waals surface area contributed by atoms with Gasteiger partial charge in [-0.05, 0) is 53.4 Å². The second-order valence-electron chi connectivity index (χ2n) is 8.16. The highest BCUT2D eigenvalue weighted by Crippen LogP contribution is 2.28. The van der Waals surface area contributed by atoms with Crippen LogP contribution in [0.2, 0.25) is 0 Å². The summed E-state index contributed by atoms with van der Waals surface area (Å²) >= 11 is 0. The van der Waals surface area contributed by atoms with E-state index in [-0.39, 0.29) is 41.9 Å². The fourth-order valence-corrected chi connectivity index (χ4v) is 2.60. The van der Waals surface area contributed by atoms with Crippen molar-refractivity contribution in [1.82, 2.24) is 20.9 Å². The van der Waals surface area contributed by atoms with E-state index in [2.05, 4.69) is 20.9 Å². The van der Waals surface area contributed by atoms with Crippen LogP contribution in [0.3, 0.4) is 0 Å². The summed E-state index contributed by atoms with van der Waals surface area (Å²) in [6.07, 6.45) is 3.84. The minimum Gasteiger partial charge on any atom is -0.444 e. The Bertz CT molecular complexity index is 542. The van der Waals surface area contributed by atoms with Crippen LogP contribution in [-0.4, -0.2) is 67.2 Å². The Morgan fingerprint density at radius 3 is 2.29 bits per heavy atom. The summed E-state index contributed by atoms with van der Waals surface area (Å²) in [4.78, 5) is 30.3. The molecule has 0 aromatic heterocycles. The number of ether oxygens (including phenoxy) is 1. The molecular weight excluding hydrogens is 473 g/mol. The predicted molar refractivity (Wildman–Crippen MR) is 121 cm³/mol. The molecule has 28 heavy (non-hydrogen) atoms. The minimum absolute atomic E-state index is 0. The van der Waals surface area contributed by atoms with E-state index in [1.807, 2.05) is 27.7 Å². The molecule has 0 aromatic rings. The van der Waals surface area contributed by atoms with E-state index in [4.69, 9.17) is 4.74 Å². The Morgan fingerprint density at radius 2 is 1.75 bits per heavy atom. The molecule has 162 valence electrons. The zero-order chi connectivity index (χ0) is 19.9. The monoisotopic (exact) mass is 509 g/mol. The highest BCUT2D eigenvalue weighted by Gasteiger charge is 2.34. The Morgan fingerprint density at radius 1 is 1.07 bits per heavy atom. The van der Waals surface area contributed by atoms with Crippen molar-refractivity contribution in [3.05, 3.63) is 0 Å².